The van der Waals surface area contributed by atoms with Crippen LogP contribution in [0.1, 0.15) is 32.6 Å². The monoisotopic (exact) mass is 296 g/mol. The van der Waals surface area contributed by atoms with Crippen LogP contribution in [0.4, 0.5) is 0 Å². The molecular weight excluding hydrogens is 276 g/mol. The Kier molecular flexibility index (Phi) is 5.33. The number of aliphatic carboxylic acids is 1. The van der Waals surface area contributed by atoms with Crippen molar-refractivity contribution >= 4 is 26.6 Å². The van der Waals surface area contributed by atoms with E-state index in [-0.39, 0.29) is 23.3 Å². The van der Waals surface area contributed by atoms with Crippen LogP contribution >= 0.6 is 0 Å². The van der Waals surface area contributed by atoms with Crippen molar-refractivity contribution < 1.29 is 22.5 Å². The van der Waals surface area contributed by atoms with Crippen molar-refractivity contribution in [2.24, 2.45) is 5.41 Å². The van der Waals surface area contributed by atoms with Gasteiger partial charge in [-0.2, -0.15) is 0 Å². The van der Waals surface area contributed by atoms with Gasteiger partial charge in [-0.15, -0.1) is 0 Å². The molecule has 0 aromatic heterocycles. The summed E-state index contributed by atoms with van der Waals surface area (Å²) in [6, 6.07) is 0. The number of carbonyl (C=O) groups is 1. The van der Waals surface area contributed by atoms with Crippen molar-refractivity contribution in [1.82, 2.24) is 0 Å². The quantitative estimate of drug-likeness (QED) is 0.680. The van der Waals surface area contributed by atoms with Gasteiger partial charge in [0.15, 0.2) is 0 Å². The Bertz CT molecular complexity index is 423. The number of sulfone groups is 1. The van der Waals surface area contributed by atoms with Gasteiger partial charge in [-0.05, 0) is 24.7 Å². The van der Waals surface area contributed by atoms with E-state index in [4.69, 9.17) is 5.11 Å². The minimum absolute atomic E-state index is 0.0706. The molecule has 0 saturated heterocycles. The van der Waals surface area contributed by atoms with Crippen molar-refractivity contribution in [3.63, 3.8) is 0 Å². The van der Waals surface area contributed by atoms with Gasteiger partial charge in [0, 0.05) is 28.1 Å². The third-order valence-electron chi connectivity index (χ3n) is 3.22. The van der Waals surface area contributed by atoms with Crippen LogP contribution in [-0.4, -0.2) is 46.7 Å². The molecule has 5 nitrogen and oxygen atoms in total. The zero-order valence-electron chi connectivity index (χ0n) is 10.6. The molecule has 1 aliphatic rings. The lowest BCUT2D eigenvalue weighted by Gasteiger charge is -2.11. The van der Waals surface area contributed by atoms with E-state index in [2.05, 4.69) is 0 Å². The molecule has 1 aliphatic carbocycles. The SMILES string of the molecule is CCS(=O)(=O)CCCS(=O)CC1(CC(=O)O)CC1. The van der Waals surface area contributed by atoms with Crippen LogP contribution in [0.2, 0.25) is 0 Å². The summed E-state index contributed by atoms with van der Waals surface area (Å²) in [5, 5.41) is 8.74. The summed E-state index contributed by atoms with van der Waals surface area (Å²) in [5.74, 6) is 0.0774. The first-order chi connectivity index (χ1) is 8.29. The molecule has 7 heteroatoms. The maximum atomic E-state index is 11.8. The van der Waals surface area contributed by atoms with Gasteiger partial charge in [-0.3, -0.25) is 9.00 Å². The van der Waals surface area contributed by atoms with Crippen LogP contribution in [-0.2, 0) is 25.4 Å². The first-order valence-electron chi connectivity index (χ1n) is 6.06. The van der Waals surface area contributed by atoms with Gasteiger partial charge in [0.05, 0.1) is 12.2 Å². The topological polar surface area (TPSA) is 88.5 Å². The predicted molar refractivity (Wildman–Crippen MR) is 70.7 cm³/mol. The highest BCUT2D eigenvalue weighted by atomic mass is 32.2. The highest BCUT2D eigenvalue weighted by Crippen LogP contribution is 2.49. The summed E-state index contributed by atoms with van der Waals surface area (Å²) in [4.78, 5) is 10.6. The zero-order valence-corrected chi connectivity index (χ0v) is 12.2. The van der Waals surface area contributed by atoms with Gasteiger partial charge in [0.25, 0.3) is 0 Å². The van der Waals surface area contributed by atoms with E-state index in [9.17, 15) is 17.4 Å². The van der Waals surface area contributed by atoms with Gasteiger partial charge in [0.1, 0.15) is 9.84 Å². The first-order valence-corrected chi connectivity index (χ1v) is 9.37. The van der Waals surface area contributed by atoms with Crippen LogP contribution < -0.4 is 0 Å². The molecule has 106 valence electrons. The van der Waals surface area contributed by atoms with E-state index < -0.39 is 26.6 Å². The van der Waals surface area contributed by atoms with E-state index in [0.29, 0.717) is 17.9 Å². The highest BCUT2D eigenvalue weighted by Gasteiger charge is 2.45. The highest BCUT2D eigenvalue weighted by molar-refractivity contribution is 7.91. The summed E-state index contributed by atoms with van der Waals surface area (Å²) >= 11 is 0. The van der Waals surface area contributed by atoms with E-state index in [1.54, 1.807) is 6.92 Å². The Balaban J connectivity index is 2.28. The molecule has 1 atom stereocenters. The molecule has 0 amide bonds. The molecule has 0 aromatic rings. The smallest absolute Gasteiger partial charge is 0.303 e. The standard InChI is InChI=1S/C11H20O5S2/c1-2-18(15,16)7-3-6-17(14)9-11(4-5-11)8-10(12)13/h2-9H2,1H3,(H,12,13). The van der Waals surface area contributed by atoms with Crippen molar-refractivity contribution in [2.75, 3.05) is 23.0 Å². The molecular formula is C11H20O5S2. The normalized spacial score (nSPS) is 19.4. The third-order valence-corrected chi connectivity index (χ3v) is 6.69. The van der Waals surface area contributed by atoms with Gasteiger partial charge in [-0.25, -0.2) is 8.42 Å². The Morgan fingerprint density at radius 3 is 2.44 bits per heavy atom. The Hall–Kier alpha value is -0.430. The molecule has 1 fully saturated rings. The summed E-state index contributed by atoms with van der Waals surface area (Å²) in [6.07, 6.45) is 2.11. The van der Waals surface area contributed by atoms with Gasteiger partial charge >= 0.3 is 5.97 Å². The van der Waals surface area contributed by atoms with Crippen molar-refractivity contribution in [3.05, 3.63) is 0 Å². The van der Waals surface area contributed by atoms with Crippen molar-refractivity contribution in [3.8, 4) is 0 Å². The van der Waals surface area contributed by atoms with E-state index in [1.807, 2.05) is 0 Å². The number of carboxylic acid groups (broad SMARTS) is 1. The van der Waals surface area contributed by atoms with Crippen molar-refractivity contribution in [2.45, 2.75) is 32.6 Å². The number of rotatable bonds is 9. The molecule has 1 rings (SSSR count). The average Bonchev–Trinajstić information content (AvgIpc) is 2.96. The Morgan fingerprint density at radius 2 is 2.00 bits per heavy atom. The maximum absolute atomic E-state index is 11.8. The summed E-state index contributed by atoms with van der Waals surface area (Å²) in [5.41, 5.74) is -0.277. The van der Waals surface area contributed by atoms with Crippen LogP contribution in [0.3, 0.4) is 0 Å². The lowest BCUT2D eigenvalue weighted by molar-refractivity contribution is -0.138. The largest absolute Gasteiger partial charge is 0.481 e. The Morgan fingerprint density at radius 1 is 1.39 bits per heavy atom. The van der Waals surface area contributed by atoms with E-state index in [0.717, 1.165) is 12.8 Å². The average molecular weight is 296 g/mol. The Labute approximate surface area is 110 Å². The molecule has 0 bridgehead atoms. The predicted octanol–water partition coefficient (Wildman–Crippen LogP) is 0.815. The van der Waals surface area contributed by atoms with Gasteiger partial charge < -0.3 is 5.11 Å². The molecule has 0 radical (unpaired) electrons. The van der Waals surface area contributed by atoms with Crippen molar-refractivity contribution in [1.29, 1.82) is 0 Å². The molecule has 0 spiro atoms. The van der Waals surface area contributed by atoms with Crippen LogP contribution in [0.5, 0.6) is 0 Å². The minimum atomic E-state index is -2.99. The fraction of sp³-hybridized carbons (Fsp3) is 0.909. The summed E-state index contributed by atoms with van der Waals surface area (Å²) in [7, 11) is -4.10. The van der Waals surface area contributed by atoms with Gasteiger partial charge in [-0.1, -0.05) is 6.92 Å². The molecule has 1 unspecified atom stereocenters. The van der Waals surface area contributed by atoms with Crippen LogP contribution in [0.25, 0.3) is 0 Å². The summed E-state index contributed by atoms with van der Waals surface area (Å²) in [6.45, 7) is 1.60. The second-order valence-corrected chi connectivity index (χ2v) is 9.00. The number of carboxylic acids is 1. The van der Waals surface area contributed by atoms with Crippen LogP contribution in [0, 0.1) is 5.41 Å². The molecule has 0 aliphatic heterocycles. The zero-order chi connectivity index (χ0) is 13.8. The fourth-order valence-electron chi connectivity index (χ4n) is 1.87. The van der Waals surface area contributed by atoms with E-state index in [1.165, 1.54) is 0 Å². The fourth-order valence-corrected chi connectivity index (χ4v) is 4.61. The maximum Gasteiger partial charge on any atom is 0.303 e. The first kappa shape index (κ1) is 15.6. The molecule has 0 aromatic carbocycles. The number of hydrogen-bond acceptors (Lipinski definition) is 4. The number of hydrogen-bond donors (Lipinski definition) is 1. The molecule has 0 heterocycles. The lowest BCUT2D eigenvalue weighted by atomic mass is 10.1. The molecule has 1 saturated carbocycles. The van der Waals surface area contributed by atoms with Gasteiger partial charge in [0.2, 0.25) is 0 Å². The molecule has 18 heavy (non-hydrogen) atoms. The summed E-state index contributed by atoms with van der Waals surface area (Å²) < 4.78 is 34.3. The second kappa shape index (κ2) is 6.14. The second-order valence-electron chi connectivity index (χ2n) is 4.95. The van der Waals surface area contributed by atoms with Crippen LogP contribution in [0.15, 0.2) is 0 Å². The van der Waals surface area contributed by atoms with E-state index >= 15 is 0 Å². The molecule has 1 N–H and O–H groups in total. The lowest BCUT2D eigenvalue weighted by Crippen LogP contribution is -2.19. The third kappa shape index (κ3) is 5.48. The minimum Gasteiger partial charge on any atom is -0.481 e.